The fourth-order valence-corrected chi connectivity index (χ4v) is 2.05. The van der Waals surface area contributed by atoms with E-state index in [9.17, 15) is 52.7 Å². The van der Waals surface area contributed by atoms with Crippen molar-refractivity contribution in [2.75, 3.05) is 0 Å². The van der Waals surface area contributed by atoms with Gasteiger partial charge in [-0.3, -0.25) is 0 Å². The highest BCUT2D eigenvalue weighted by atomic mass is 19.2. The van der Waals surface area contributed by atoms with Crippen molar-refractivity contribution in [1.29, 1.82) is 0 Å². The second kappa shape index (κ2) is 18.6. The molecule has 0 heterocycles. The quantitative estimate of drug-likeness (QED) is 0.0944. The van der Waals surface area contributed by atoms with Crippen LogP contribution in [0.25, 0.3) is 0 Å². The molecule has 0 saturated carbocycles. The van der Waals surface area contributed by atoms with Crippen LogP contribution in [0.5, 0.6) is 0 Å². The van der Waals surface area contributed by atoms with Crippen LogP contribution in [0.15, 0.2) is 78.9 Å². The van der Waals surface area contributed by atoms with Gasteiger partial charge in [-0.05, 0) is 48.5 Å². The number of rotatable bonds is 0. The van der Waals surface area contributed by atoms with Gasteiger partial charge in [-0.25, -0.2) is 52.7 Å². The number of halogens is 12. The molecule has 0 spiro atoms. The Bertz CT molecular complexity index is 1340. The highest BCUT2D eigenvalue weighted by Gasteiger charge is 2.06. The van der Waals surface area contributed by atoms with Gasteiger partial charge in [-0.2, -0.15) is 0 Å². The van der Waals surface area contributed by atoms with Crippen LogP contribution < -0.4 is 0 Å². The summed E-state index contributed by atoms with van der Waals surface area (Å²) in [6.45, 7) is 0. The Balaban J connectivity index is 0.000000264. The average molecular weight is 601 g/mol. The molecule has 0 nitrogen and oxygen atoms in total. The molecule has 5 radical (unpaired) electrons. The molecule has 0 aromatic heterocycles. The minimum absolute atomic E-state index is 0.440. The van der Waals surface area contributed by atoms with E-state index < -0.39 is 69.8 Å². The summed E-state index contributed by atoms with van der Waals surface area (Å²) in [7, 11) is 0. The Morgan fingerprint density at radius 2 is 1.02 bits per heavy atom. The van der Waals surface area contributed by atoms with Gasteiger partial charge in [0.1, 0.15) is 11.6 Å². The second-order valence-electron chi connectivity index (χ2n) is 6.95. The maximum absolute atomic E-state index is 12.0. The molecule has 0 saturated heterocycles. The van der Waals surface area contributed by atoms with E-state index in [2.05, 4.69) is 12.1 Å². The van der Waals surface area contributed by atoms with E-state index >= 15 is 0 Å². The van der Waals surface area contributed by atoms with Crippen LogP contribution >= 0.6 is 0 Å². The fourth-order valence-electron chi connectivity index (χ4n) is 2.05. The largest absolute Gasteiger partial charge is 0.207 e. The summed E-state index contributed by atoms with van der Waals surface area (Å²) in [6.07, 6.45) is 0. The maximum atomic E-state index is 12.0. The van der Waals surface area contributed by atoms with Crippen LogP contribution in [-0.2, 0) is 0 Å². The van der Waals surface area contributed by atoms with Gasteiger partial charge >= 0.3 is 0 Å². The van der Waals surface area contributed by atoms with E-state index in [1.165, 1.54) is 0 Å². The van der Waals surface area contributed by atoms with Gasteiger partial charge in [0.25, 0.3) is 0 Å². The van der Waals surface area contributed by atoms with Gasteiger partial charge < -0.3 is 0 Å². The molecule has 12 heteroatoms. The van der Waals surface area contributed by atoms with E-state index in [4.69, 9.17) is 0 Å². The van der Waals surface area contributed by atoms with E-state index in [1.54, 1.807) is 6.07 Å². The molecule has 0 fully saturated rings. The van der Waals surface area contributed by atoms with Crippen LogP contribution in [0, 0.1) is 100 Å². The Labute approximate surface area is 232 Å². The van der Waals surface area contributed by atoms with Gasteiger partial charge in [0, 0.05) is 30.3 Å². The lowest BCUT2D eigenvalue weighted by atomic mass is 10.3. The van der Waals surface area contributed by atoms with E-state index in [0.29, 0.717) is 18.2 Å². The first kappa shape index (κ1) is 35.3. The Morgan fingerprint density at radius 3 is 1.40 bits per heavy atom. The highest BCUT2D eigenvalue weighted by molar-refractivity contribution is 5.08. The molecule has 5 aromatic carbocycles. The van der Waals surface area contributed by atoms with Gasteiger partial charge in [0.2, 0.25) is 0 Å². The van der Waals surface area contributed by atoms with Crippen LogP contribution in [0.2, 0.25) is 0 Å². The summed E-state index contributed by atoms with van der Waals surface area (Å²) in [4.78, 5) is 0. The second-order valence-corrected chi connectivity index (χ2v) is 6.95. The fraction of sp³-hybridized carbons (Fsp3) is 0. The average Bonchev–Trinajstić information content (AvgIpc) is 2.97. The van der Waals surface area contributed by atoms with Crippen molar-refractivity contribution in [2.45, 2.75) is 0 Å². The normalized spacial score (nSPS) is 9.43. The summed E-state index contributed by atoms with van der Waals surface area (Å²) < 4.78 is 143. The zero-order valence-electron chi connectivity index (χ0n) is 20.5. The maximum Gasteiger partial charge on any atom is 0.195 e. The third kappa shape index (κ3) is 13.6. The van der Waals surface area contributed by atoms with Crippen molar-refractivity contribution < 1.29 is 52.7 Å². The molecule has 0 N–H and O–H groups in total. The third-order valence-electron chi connectivity index (χ3n) is 3.92. The van der Waals surface area contributed by atoms with Gasteiger partial charge in [0.05, 0.1) is 0 Å². The lowest BCUT2D eigenvalue weighted by Gasteiger charge is -1.89. The molecule has 5 aromatic rings. The first-order valence-electron chi connectivity index (χ1n) is 10.8. The zero-order valence-corrected chi connectivity index (χ0v) is 20.5. The van der Waals surface area contributed by atoms with Crippen LogP contribution in [0.1, 0.15) is 0 Å². The molecule has 0 aliphatic heterocycles. The van der Waals surface area contributed by atoms with E-state index in [0.717, 1.165) is 30.3 Å². The monoisotopic (exact) mass is 601 g/mol. The standard InChI is InChI=1S/4C6H2F3.C6H5/c2*7-4-1-2-5(8)6(9)3-4;2*7-4-2-1-3-5(8)6(4)9;1-2-4-6-5-3-1/h2-3H;1,3H;2-3H;1-2H;1-5H. The number of hydrogen-bond donors (Lipinski definition) is 0. The Kier molecular flexibility index (Phi) is 15.6. The Morgan fingerprint density at radius 1 is 0.405 bits per heavy atom. The van der Waals surface area contributed by atoms with Crippen molar-refractivity contribution in [2.24, 2.45) is 0 Å². The molecule has 217 valence electrons. The third-order valence-corrected chi connectivity index (χ3v) is 3.92. The molecule has 42 heavy (non-hydrogen) atoms. The van der Waals surface area contributed by atoms with Crippen molar-refractivity contribution >= 4 is 0 Å². The summed E-state index contributed by atoms with van der Waals surface area (Å²) in [5.41, 5.74) is 0. The lowest BCUT2D eigenvalue weighted by Crippen LogP contribution is -1.87. The molecular formula is C30H13F12. The van der Waals surface area contributed by atoms with Gasteiger partial charge in [-0.15, -0.1) is 0 Å². The molecule has 5 rings (SSSR count). The van der Waals surface area contributed by atoms with Crippen molar-refractivity contribution in [3.8, 4) is 0 Å². The van der Waals surface area contributed by atoms with Crippen LogP contribution in [0.3, 0.4) is 0 Å². The molecule has 0 atom stereocenters. The SMILES string of the molecule is Fc1[c]cc(F)c(F)c1.Fc1[c]ccc(F)c1F.Fc1c[c]c(F)c(F)c1.Fc1c[c]cc(F)c1F.[c]1ccccc1. The van der Waals surface area contributed by atoms with E-state index in [-0.39, 0.29) is 0 Å². The summed E-state index contributed by atoms with van der Waals surface area (Å²) >= 11 is 0. The first-order chi connectivity index (χ1) is 19.8. The molecule has 0 aliphatic carbocycles. The summed E-state index contributed by atoms with van der Waals surface area (Å²) in [5.74, 6) is -14.2. The van der Waals surface area contributed by atoms with Gasteiger partial charge in [-0.1, -0.05) is 30.3 Å². The minimum Gasteiger partial charge on any atom is -0.207 e. The molecule has 0 aliphatic rings. The number of hydrogen-bond acceptors (Lipinski definition) is 0. The molecule has 0 unspecified atom stereocenters. The smallest absolute Gasteiger partial charge is 0.195 e. The topological polar surface area (TPSA) is 0 Å². The van der Waals surface area contributed by atoms with Crippen molar-refractivity contribution in [3.63, 3.8) is 0 Å². The lowest BCUT2D eigenvalue weighted by molar-refractivity contribution is 0.446. The molecule has 0 amide bonds. The van der Waals surface area contributed by atoms with Gasteiger partial charge in [0.15, 0.2) is 58.2 Å². The summed E-state index contributed by atoms with van der Waals surface area (Å²) in [6, 6.07) is 25.6. The summed E-state index contributed by atoms with van der Waals surface area (Å²) in [5, 5.41) is 0. The predicted molar refractivity (Wildman–Crippen MR) is 126 cm³/mol. The predicted octanol–water partition coefficient (Wildman–Crippen LogP) is 9.10. The zero-order chi connectivity index (χ0) is 31.7. The van der Waals surface area contributed by atoms with E-state index in [1.807, 2.05) is 42.5 Å². The molecule has 0 bridgehead atoms. The Hall–Kier alpha value is -4.74. The molecular weight excluding hydrogens is 588 g/mol. The highest BCUT2D eigenvalue weighted by Crippen LogP contribution is 2.09. The van der Waals surface area contributed by atoms with Crippen molar-refractivity contribution in [1.82, 2.24) is 0 Å². The number of benzene rings is 5. The van der Waals surface area contributed by atoms with Crippen molar-refractivity contribution in [3.05, 3.63) is 179 Å². The minimum atomic E-state index is -1.47. The van der Waals surface area contributed by atoms with Crippen LogP contribution in [0.4, 0.5) is 52.7 Å². The first-order valence-corrected chi connectivity index (χ1v) is 10.8. The van der Waals surface area contributed by atoms with Crippen LogP contribution in [-0.4, -0.2) is 0 Å².